The molecule has 2 heterocycles. The van der Waals surface area contributed by atoms with E-state index in [9.17, 15) is 4.79 Å². The number of ether oxygens (including phenoxy) is 1. The van der Waals surface area contributed by atoms with Crippen molar-refractivity contribution in [1.29, 1.82) is 0 Å². The molecule has 2 aromatic heterocycles. The largest absolute Gasteiger partial charge is 0.497 e. The summed E-state index contributed by atoms with van der Waals surface area (Å²) >= 11 is 6.79. The molecule has 0 atom stereocenters. The molecule has 9 heteroatoms. The second-order valence-electron chi connectivity index (χ2n) is 8.02. The van der Waals surface area contributed by atoms with Gasteiger partial charge in [-0.05, 0) is 48.7 Å². The molecule has 1 aliphatic carbocycles. The summed E-state index contributed by atoms with van der Waals surface area (Å²) in [4.78, 5) is 16.5. The molecule has 32 heavy (non-hydrogen) atoms. The van der Waals surface area contributed by atoms with Crippen LogP contribution in [0.5, 0.6) is 5.75 Å². The van der Waals surface area contributed by atoms with Gasteiger partial charge < -0.3 is 24.9 Å². The number of nitrogens with zero attached hydrogens (tertiary/aromatic N) is 3. The highest BCUT2D eigenvalue weighted by atomic mass is 35.5. The third kappa shape index (κ3) is 3.51. The van der Waals surface area contributed by atoms with Crippen molar-refractivity contribution < 1.29 is 14.1 Å². The Morgan fingerprint density at radius 3 is 2.66 bits per heavy atom. The van der Waals surface area contributed by atoms with Gasteiger partial charge in [0.15, 0.2) is 0 Å². The summed E-state index contributed by atoms with van der Waals surface area (Å²) in [6.45, 7) is 2.15. The van der Waals surface area contributed by atoms with Crippen LogP contribution in [-0.4, -0.2) is 33.3 Å². The Hall–Kier alpha value is -3.36. The van der Waals surface area contributed by atoms with Crippen LogP contribution in [0.1, 0.15) is 24.3 Å². The van der Waals surface area contributed by atoms with E-state index in [-0.39, 0.29) is 5.91 Å². The Morgan fingerprint density at radius 2 is 2.03 bits per heavy atom. The van der Waals surface area contributed by atoms with E-state index in [1.54, 1.807) is 14.0 Å². The molecule has 1 amide bonds. The molecule has 4 aromatic rings. The smallest absolute Gasteiger partial charge is 0.240 e. The summed E-state index contributed by atoms with van der Waals surface area (Å²) < 4.78 is 12.6. The van der Waals surface area contributed by atoms with Gasteiger partial charge >= 0.3 is 0 Å². The molecule has 1 aliphatic rings. The van der Waals surface area contributed by atoms with Crippen molar-refractivity contribution >= 4 is 28.4 Å². The summed E-state index contributed by atoms with van der Waals surface area (Å²) in [5.41, 5.74) is 8.62. The second kappa shape index (κ2) is 7.65. The zero-order chi connectivity index (χ0) is 22.5. The number of nitrogens with two attached hydrogens (primary N) is 1. The summed E-state index contributed by atoms with van der Waals surface area (Å²) in [5, 5.41) is 8.32. The summed E-state index contributed by atoms with van der Waals surface area (Å²) in [6, 6.07) is 13.6. The third-order valence-electron chi connectivity index (χ3n) is 5.74. The van der Waals surface area contributed by atoms with Crippen molar-refractivity contribution in [1.82, 2.24) is 20.0 Å². The number of aromatic nitrogens is 3. The second-order valence-corrected chi connectivity index (χ2v) is 8.40. The van der Waals surface area contributed by atoms with E-state index in [1.807, 2.05) is 47.0 Å². The van der Waals surface area contributed by atoms with Crippen LogP contribution in [0.15, 0.2) is 47.0 Å². The van der Waals surface area contributed by atoms with Gasteiger partial charge in [-0.2, -0.15) is 4.98 Å². The first-order valence-electron chi connectivity index (χ1n) is 10.2. The van der Waals surface area contributed by atoms with Crippen LogP contribution in [0, 0.1) is 6.92 Å². The summed E-state index contributed by atoms with van der Waals surface area (Å²) in [6.07, 6.45) is 1.48. The Balaban J connectivity index is 1.54. The predicted octanol–water partition coefficient (Wildman–Crippen LogP) is 3.76. The fourth-order valence-corrected chi connectivity index (χ4v) is 4.02. The lowest BCUT2D eigenvalue weighted by Crippen LogP contribution is -2.42. The number of methoxy groups -OCH3 is 1. The minimum atomic E-state index is -0.681. The van der Waals surface area contributed by atoms with Gasteiger partial charge in [0.1, 0.15) is 11.4 Å². The lowest BCUT2D eigenvalue weighted by molar-refractivity contribution is -0.123. The van der Waals surface area contributed by atoms with E-state index in [4.69, 9.17) is 26.6 Å². The van der Waals surface area contributed by atoms with Crippen molar-refractivity contribution in [3.05, 3.63) is 58.9 Å². The molecule has 0 aliphatic heterocycles. The molecular formula is C23H22ClN5O3. The lowest BCUT2D eigenvalue weighted by Gasteiger charge is -2.12. The molecule has 0 spiro atoms. The van der Waals surface area contributed by atoms with Crippen LogP contribution in [0.3, 0.4) is 0 Å². The van der Waals surface area contributed by atoms with Gasteiger partial charge in [0.25, 0.3) is 0 Å². The number of amides is 1. The number of rotatable bonds is 6. The average molecular weight is 452 g/mol. The highest BCUT2D eigenvalue weighted by Gasteiger charge is 2.45. The minimum absolute atomic E-state index is 0.103. The first-order valence-corrected chi connectivity index (χ1v) is 10.6. The topological polar surface area (TPSA) is 108 Å². The quantitative estimate of drug-likeness (QED) is 0.462. The monoisotopic (exact) mass is 451 g/mol. The third-order valence-corrected chi connectivity index (χ3v) is 6.12. The molecule has 0 unspecified atom stereocenters. The molecular weight excluding hydrogens is 430 g/mol. The maximum atomic E-state index is 12.1. The fourth-order valence-electron chi connectivity index (χ4n) is 3.70. The van der Waals surface area contributed by atoms with E-state index < -0.39 is 5.54 Å². The van der Waals surface area contributed by atoms with Gasteiger partial charge in [0.2, 0.25) is 17.6 Å². The van der Waals surface area contributed by atoms with Crippen molar-refractivity contribution in [3.8, 4) is 23.0 Å². The fraction of sp³-hybridized carbons (Fsp3) is 0.261. The Morgan fingerprint density at radius 1 is 1.28 bits per heavy atom. The molecule has 0 bridgehead atoms. The van der Waals surface area contributed by atoms with Crippen LogP contribution in [0.4, 0.5) is 0 Å². The number of fused-ring (bicyclic) bond motifs is 1. The lowest BCUT2D eigenvalue weighted by atomic mass is 10.2. The van der Waals surface area contributed by atoms with Crippen LogP contribution >= 0.6 is 11.6 Å². The molecule has 0 saturated heterocycles. The van der Waals surface area contributed by atoms with E-state index in [0.717, 1.165) is 35.0 Å². The highest BCUT2D eigenvalue weighted by Crippen LogP contribution is 2.40. The number of carbonyl (C=O) groups excluding carboxylic acids is 1. The Labute approximate surface area is 189 Å². The van der Waals surface area contributed by atoms with Gasteiger partial charge in [-0.15, -0.1) is 0 Å². The van der Waals surface area contributed by atoms with E-state index >= 15 is 0 Å². The maximum Gasteiger partial charge on any atom is 0.240 e. The number of aryl methyl sites for hydroxylation is 1. The first-order chi connectivity index (χ1) is 15.4. The zero-order valence-corrected chi connectivity index (χ0v) is 18.4. The number of hydrogen-bond acceptors (Lipinski definition) is 6. The van der Waals surface area contributed by atoms with Gasteiger partial charge in [-0.25, -0.2) is 0 Å². The van der Waals surface area contributed by atoms with Gasteiger partial charge in [-0.3, -0.25) is 4.79 Å². The Bertz CT molecular complexity index is 1320. The van der Waals surface area contributed by atoms with Crippen LogP contribution in [-0.2, 0) is 11.3 Å². The van der Waals surface area contributed by atoms with Crippen LogP contribution in [0.2, 0.25) is 5.02 Å². The van der Waals surface area contributed by atoms with Gasteiger partial charge in [-0.1, -0.05) is 28.9 Å². The van der Waals surface area contributed by atoms with Gasteiger partial charge in [0, 0.05) is 24.5 Å². The van der Waals surface area contributed by atoms with Crippen molar-refractivity contribution in [2.75, 3.05) is 7.11 Å². The molecule has 1 saturated carbocycles. The number of carbonyl (C=O) groups is 1. The molecule has 3 N–H and O–H groups in total. The van der Waals surface area contributed by atoms with Gasteiger partial charge in [0.05, 0.1) is 23.2 Å². The SMILES string of the molecule is COc1ccc2c(c1)c(Cl)c(-c1noc(C)n1)n2-c1ccc(CNC(=O)C2(N)CC2)cc1. The molecule has 2 aromatic carbocycles. The molecule has 5 rings (SSSR count). The van der Waals surface area contributed by atoms with Crippen LogP contribution in [0.25, 0.3) is 28.1 Å². The number of halogens is 1. The van der Waals surface area contributed by atoms with Crippen LogP contribution < -0.4 is 15.8 Å². The summed E-state index contributed by atoms with van der Waals surface area (Å²) in [5.74, 6) is 1.45. The standard InChI is InChI=1S/C23H22ClN5O3/c1-13-27-21(28-32-13)20-19(24)17-11-16(31-2)7-8-18(17)29(20)15-5-3-14(4-6-15)12-26-22(30)23(25)9-10-23/h3-8,11H,9-10,12,25H2,1-2H3,(H,26,30). The number of hydrogen-bond donors (Lipinski definition) is 2. The van der Waals surface area contributed by atoms with Crippen molar-refractivity contribution in [2.45, 2.75) is 31.8 Å². The maximum absolute atomic E-state index is 12.1. The predicted molar refractivity (Wildman–Crippen MR) is 121 cm³/mol. The number of nitrogens with one attached hydrogen (secondary N) is 1. The van der Waals surface area contributed by atoms with Crippen molar-refractivity contribution in [2.24, 2.45) is 5.73 Å². The molecule has 1 fully saturated rings. The number of benzene rings is 2. The zero-order valence-electron chi connectivity index (χ0n) is 17.7. The van der Waals surface area contributed by atoms with E-state index in [1.165, 1.54) is 0 Å². The molecule has 0 radical (unpaired) electrons. The highest BCUT2D eigenvalue weighted by molar-refractivity contribution is 6.38. The molecule has 164 valence electrons. The first kappa shape index (κ1) is 20.5. The Kier molecular flexibility index (Phi) is 4.91. The molecule has 8 nitrogen and oxygen atoms in total. The summed E-state index contributed by atoms with van der Waals surface area (Å²) in [7, 11) is 1.61. The van der Waals surface area contributed by atoms with E-state index in [0.29, 0.717) is 34.7 Å². The normalized spacial score (nSPS) is 14.5. The average Bonchev–Trinajstić information content (AvgIpc) is 3.31. The van der Waals surface area contributed by atoms with Crippen molar-refractivity contribution in [3.63, 3.8) is 0 Å². The van der Waals surface area contributed by atoms with E-state index in [2.05, 4.69) is 15.5 Å². The minimum Gasteiger partial charge on any atom is -0.497 e.